The Balaban J connectivity index is 1.58. The first kappa shape index (κ1) is 16.1. The van der Waals surface area contributed by atoms with E-state index in [1.807, 2.05) is 42.6 Å². The van der Waals surface area contributed by atoms with Crippen molar-refractivity contribution < 1.29 is 9.53 Å². The van der Waals surface area contributed by atoms with Crippen LogP contribution in [0, 0.1) is 6.92 Å². The van der Waals surface area contributed by atoms with Gasteiger partial charge in [-0.25, -0.2) is 9.97 Å². The van der Waals surface area contributed by atoms with Gasteiger partial charge in [-0.2, -0.15) is 0 Å². The van der Waals surface area contributed by atoms with E-state index in [-0.39, 0.29) is 5.91 Å². The number of thiazole rings is 1. The second-order valence-corrected chi connectivity index (χ2v) is 6.26. The highest BCUT2D eigenvalue weighted by atomic mass is 32.1. The van der Waals surface area contributed by atoms with E-state index in [2.05, 4.69) is 15.3 Å². The van der Waals surface area contributed by atoms with Crippen LogP contribution in [-0.2, 0) is 13.2 Å². The van der Waals surface area contributed by atoms with E-state index >= 15 is 0 Å². The number of benzene rings is 1. The van der Waals surface area contributed by atoms with Crippen molar-refractivity contribution in [1.29, 1.82) is 0 Å². The first-order valence-electron chi connectivity index (χ1n) is 7.53. The maximum Gasteiger partial charge on any atom is 0.251 e. The van der Waals surface area contributed by atoms with Crippen molar-refractivity contribution in [2.75, 3.05) is 0 Å². The van der Waals surface area contributed by atoms with Gasteiger partial charge in [-0.15, -0.1) is 11.3 Å². The van der Waals surface area contributed by atoms with Crippen molar-refractivity contribution in [3.63, 3.8) is 0 Å². The van der Waals surface area contributed by atoms with Crippen LogP contribution in [0.1, 0.15) is 26.6 Å². The summed E-state index contributed by atoms with van der Waals surface area (Å²) in [5.41, 5.74) is 2.42. The van der Waals surface area contributed by atoms with Crippen molar-refractivity contribution in [2.24, 2.45) is 0 Å². The van der Waals surface area contributed by atoms with Gasteiger partial charge < -0.3 is 10.1 Å². The number of carbonyl (C=O) groups is 1. The normalized spacial score (nSPS) is 10.4. The molecule has 24 heavy (non-hydrogen) atoms. The van der Waals surface area contributed by atoms with Gasteiger partial charge >= 0.3 is 0 Å². The fourth-order valence-corrected chi connectivity index (χ4v) is 2.74. The standard InChI is InChI=1S/C18H17N3O2S/c1-13-21-16(12-24-13)10-20-18(22)15-7-8-19-17(9-15)23-11-14-5-3-2-4-6-14/h2-9,12H,10-11H2,1H3,(H,20,22). The number of nitrogens with zero attached hydrogens (tertiary/aromatic N) is 2. The summed E-state index contributed by atoms with van der Waals surface area (Å²) in [5, 5.41) is 5.78. The second kappa shape index (κ2) is 7.70. The molecule has 2 aromatic heterocycles. The van der Waals surface area contributed by atoms with Crippen LogP contribution in [0.25, 0.3) is 0 Å². The Morgan fingerprint density at radius 1 is 1.25 bits per heavy atom. The number of ether oxygens (including phenoxy) is 1. The molecule has 0 bridgehead atoms. The molecule has 0 aliphatic carbocycles. The lowest BCUT2D eigenvalue weighted by atomic mass is 10.2. The molecule has 2 heterocycles. The van der Waals surface area contributed by atoms with E-state index in [4.69, 9.17) is 4.74 Å². The van der Waals surface area contributed by atoms with Crippen molar-refractivity contribution in [3.05, 3.63) is 75.9 Å². The first-order chi connectivity index (χ1) is 11.7. The van der Waals surface area contributed by atoms with Gasteiger partial charge in [0.1, 0.15) is 6.61 Å². The fourth-order valence-electron chi connectivity index (χ4n) is 2.12. The van der Waals surface area contributed by atoms with Crippen LogP contribution in [0.15, 0.2) is 54.0 Å². The molecule has 0 atom stereocenters. The second-order valence-electron chi connectivity index (χ2n) is 5.20. The molecule has 0 fully saturated rings. The number of pyridine rings is 1. The van der Waals surface area contributed by atoms with Crippen LogP contribution in [0.4, 0.5) is 0 Å². The predicted octanol–water partition coefficient (Wildman–Crippen LogP) is 3.36. The molecular formula is C18H17N3O2S. The number of hydrogen-bond acceptors (Lipinski definition) is 5. The molecule has 5 nitrogen and oxygen atoms in total. The molecule has 0 spiro atoms. The number of aryl methyl sites for hydroxylation is 1. The topological polar surface area (TPSA) is 64.1 Å². The number of amides is 1. The van der Waals surface area contributed by atoms with Gasteiger partial charge in [-0.1, -0.05) is 30.3 Å². The minimum Gasteiger partial charge on any atom is -0.473 e. The molecule has 3 rings (SSSR count). The zero-order chi connectivity index (χ0) is 16.8. The van der Waals surface area contributed by atoms with E-state index in [9.17, 15) is 4.79 Å². The average Bonchev–Trinajstić information content (AvgIpc) is 3.04. The monoisotopic (exact) mass is 339 g/mol. The highest BCUT2D eigenvalue weighted by Gasteiger charge is 2.08. The molecule has 3 aromatic rings. The lowest BCUT2D eigenvalue weighted by Gasteiger charge is -2.07. The van der Waals surface area contributed by atoms with Crippen LogP contribution in [0.2, 0.25) is 0 Å². The third kappa shape index (κ3) is 4.39. The Kier molecular flexibility index (Phi) is 5.18. The minimum absolute atomic E-state index is 0.174. The van der Waals surface area contributed by atoms with E-state index in [0.29, 0.717) is 24.6 Å². The Morgan fingerprint density at radius 3 is 2.83 bits per heavy atom. The molecule has 122 valence electrons. The molecule has 0 radical (unpaired) electrons. The summed E-state index contributed by atoms with van der Waals surface area (Å²) in [6.45, 7) is 2.76. The quantitative estimate of drug-likeness (QED) is 0.748. The maximum atomic E-state index is 12.2. The van der Waals surface area contributed by atoms with Gasteiger partial charge in [-0.3, -0.25) is 4.79 Å². The minimum atomic E-state index is -0.174. The molecule has 1 amide bonds. The summed E-state index contributed by atoms with van der Waals surface area (Å²) in [6, 6.07) is 13.1. The molecule has 1 aromatic carbocycles. The van der Waals surface area contributed by atoms with Crippen LogP contribution < -0.4 is 10.1 Å². The molecule has 6 heteroatoms. The summed E-state index contributed by atoms with van der Waals surface area (Å²) in [7, 11) is 0. The van der Waals surface area contributed by atoms with Gasteiger partial charge in [0.25, 0.3) is 5.91 Å². The predicted molar refractivity (Wildman–Crippen MR) is 93.0 cm³/mol. The SMILES string of the molecule is Cc1nc(CNC(=O)c2ccnc(OCc3ccccc3)c2)cs1. The van der Waals surface area contributed by atoms with Gasteiger partial charge in [0.05, 0.1) is 17.2 Å². The highest BCUT2D eigenvalue weighted by Crippen LogP contribution is 2.12. The number of aromatic nitrogens is 2. The Morgan fingerprint density at radius 2 is 2.08 bits per heavy atom. The fraction of sp³-hybridized carbons (Fsp3) is 0.167. The van der Waals surface area contributed by atoms with Gasteiger partial charge in [-0.05, 0) is 18.6 Å². The molecule has 0 saturated heterocycles. The molecule has 0 unspecified atom stereocenters. The summed E-state index contributed by atoms with van der Waals surface area (Å²) < 4.78 is 5.65. The summed E-state index contributed by atoms with van der Waals surface area (Å²) in [5.74, 6) is 0.253. The molecule has 0 saturated carbocycles. The van der Waals surface area contributed by atoms with E-state index in [1.165, 1.54) is 0 Å². The zero-order valence-electron chi connectivity index (χ0n) is 13.2. The average molecular weight is 339 g/mol. The molecular weight excluding hydrogens is 322 g/mol. The van der Waals surface area contributed by atoms with Crippen LogP contribution in [0.5, 0.6) is 5.88 Å². The Bertz CT molecular complexity index is 818. The molecule has 1 N–H and O–H groups in total. The lowest BCUT2D eigenvalue weighted by molar-refractivity contribution is 0.0949. The van der Waals surface area contributed by atoms with Crippen molar-refractivity contribution in [3.8, 4) is 5.88 Å². The number of hydrogen-bond donors (Lipinski definition) is 1. The summed E-state index contributed by atoms with van der Waals surface area (Å²) in [6.07, 6.45) is 1.57. The van der Waals surface area contributed by atoms with E-state index in [1.54, 1.807) is 29.7 Å². The van der Waals surface area contributed by atoms with Crippen molar-refractivity contribution in [1.82, 2.24) is 15.3 Å². The first-order valence-corrected chi connectivity index (χ1v) is 8.40. The van der Waals surface area contributed by atoms with Crippen LogP contribution in [0.3, 0.4) is 0 Å². The zero-order valence-corrected chi connectivity index (χ0v) is 14.0. The molecule has 0 aliphatic rings. The van der Waals surface area contributed by atoms with Gasteiger partial charge in [0.2, 0.25) is 5.88 Å². The third-order valence-corrected chi connectivity index (χ3v) is 4.15. The van der Waals surface area contributed by atoms with Crippen molar-refractivity contribution >= 4 is 17.2 Å². The number of carbonyl (C=O) groups excluding carboxylic acids is 1. The molecule has 0 aliphatic heterocycles. The highest BCUT2D eigenvalue weighted by molar-refractivity contribution is 7.09. The summed E-state index contributed by atoms with van der Waals surface area (Å²) >= 11 is 1.57. The van der Waals surface area contributed by atoms with Crippen LogP contribution in [-0.4, -0.2) is 15.9 Å². The smallest absolute Gasteiger partial charge is 0.251 e. The Labute approximate surface area is 144 Å². The lowest BCUT2D eigenvalue weighted by Crippen LogP contribution is -2.23. The Hall–Kier alpha value is -2.73. The van der Waals surface area contributed by atoms with E-state index < -0.39 is 0 Å². The van der Waals surface area contributed by atoms with Gasteiger partial charge in [0.15, 0.2) is 0 Å². The number of rotatable bonds is 6. The van der Waals surface area contributed by atoms with Crippen LogP contribution >= 0.6 is 11.3 Å². The van der Waals surface area contributed by atoms with E-state index in [0.717, 1.165) is 16.3 Å². The van der Waals surface area contributed by atoms with Crippen molar-refractivity contribution in [2.45, 2.75) is 20.1 Å². The number of nitrogens with one attached hydrogen (secondary N) is 1. The third-order valence-electron chi connectivity index (χ3n) is 3.32. The van der Waals surface area contributed by atoms with Gasteiger partial charge in [0, 0.05) is 23.2 Å². The maximum absolute atomic E-state index is 12.2. The summed E-state index contributed by atoms with van der Waals surface area (Å²) in [4.78, 5) is 20.7. The largest absolute Gasteiger partial charge is 0.473 e.